The molecule has 0 fully saturated rings. The summed E-state index contributed by atoms with van der Waals surface area (Å²) in [5.41, 5.74) is 1.10. The molecule has 12 heavy (non-hydrogen) atoms. The highest BCUT2D eigenvalue weighted by Gasteiger charge is 2.22. The van der Waals surface area contributed by atoms with Gasteiger partial charge in [0.1, 0.15) is 0 Å². The van der Waals surface area contributed by atoms with Crippen molar-refractivity contribution in [2.75, 3.05) is 0 Å². The predicted molar refractivity (Wildman–Crippen MR) is 45.7 cm³/mol. The number of amides is 1. The van der Waals surface area contributed by atoms with Crippen LogP contribution >= 0.6 is 0 Å². The number of hydroxylamine groups is 2. The van der Waals surface area contributed by atoms with Crippen molar-refractivity contribution in [2.24, 2.45) is 0 Å². The van der Waals surface area contributed by atoms with Crippen molar-refractivity contribution in [3.63, 3.8) is 0 Å². The summed E-state index contributed by atoms with van der Waals surface area (Å²) in [7, 11) is 0. The van der Waals surface area contributed by atoms with Crippen LogP contribution in [0.4, 0.5) is 0 Å². The summed E-state index contributed by atoms with van der Waals surface area (Å²) in [6.45, 7) is 3.33. The third-order valence-electron chi connectivity index (χ3n) is 2.29. The second kappa shape index (κ2) is 3.72. The van der Waals surface area contributed by atoms with Crippen LogP contribution in [0.3, 0.4) is 0 Å². The van der Waals surface area contributed by atoms with E-state index in [1.165, 1.54) is 6.92 Å². The third-order valence-corrected chi connectivity index (χ3v) is 2.29. The van der Waals surface area contributed by atoms with Crippen molar-refractivity contribution < 1.29 is 10.0 Å². The highest BCUT2D eigenvalue weighted by atomic mass is 16.5. The fourth-order valence-electron chi connectivity index (χ4n) is 1.54. The zero-order valence-corrected chi connectivity index (χ0v) is 7.58. The summed E-state index contributed by atoms with van der Waals surface area (Å²) in [5.74, 6) is -0.283. The van der Waals surface area contributed by atoms with Crippen LogP contribution in [0.2, 0.25) is 0 Å². The Labute approximate surface area is 72.6 Å². The molecule has 0 saturated carbocycles. The molecule has 1 N–H and O–H groups in total. The van der Waals surface area contributed by atoms with Gasteiger partial charge in [0.25, 0.3) is 0 Å². The third kappa shape index (κ3) is 1.85. The van der Waals surface area contributed by atoms with Crippen molar-refractivity contribution in [3.8, 4) is 0 Å². The van der Waals surface area contributed by atoms with Crippen LogP contribution in [0.5, 0.6) is 0 Å². The molecule has 0 heterocycles. The Hall–Kier alpha value is -0.830. The average molecular weight is 169 g/mol. The summed E-state index contributed by atoms with van der Waals surface area (Å²) in [4.78, 5) is 10.8. The Morgan fingerprint density at radius 1 is 1.75 bits per heavy atom. The van der Waals surface area contributed by atoms with Gasteiger partial charge in [-0.05, 0) is 26.2 Å². The van der Waals surface area contributed by atoms with Crippen LogP contribution < -0.4 is 0 Å². The van der Waals surface area contributed by atoms with Gasteiger partial charge in [-0.15, -0.1) is 0 Å². The molecule has 0 bridgehead atoms. The van der Waals surface area contributed by atoms with Crippen LogP contribution in [0.25, 0.3) is 0 Å². The number of allylic oxidation sites excluding steroid dienone is 1. The van der Waals surface area contributed by atoms with Crippen LogP contribution in [0, 0.1) is 0 Å². The van der Waals surface area contributed by atoms with E-state index in [0.29, 0.717) is 0 Å². The molecule has 3 nitrogen and oxygen atoms in total. The van der Waals surface area contributed by atoms with E-state index in [1.54, 1.807) is 0 Å². The van der Waals surface area contributed by atoms with E-state index in [4.69, 9.17) is 0 Å². The first kappa shape index (κ1) is 9.26. The molecule has 1 aliphatic carbocycles. The number of hydrogen-bond acceptors (Lipinski definition) is 2. The second-order valence-electron chi connectivity index (χ2n) is 3.26. The molecule has 1 aliphatic rings. The zero-order valence-electron chi connectivity index (χ0n) is 7.58. The fourth-order valence-corrected chi connectivity index (χ4v) is 1.54. The van der Waals surface area contributed by atoms with Gasteiger partial charge in [-0.3, -0.25) is 10.0 Å². The van der Waals surface area contributed by atoms with Gasteiger partial charge in [-0.25, -0.2) is 5.06 Å². The standard InChI is InChI=1S/C9H15NO2/c1-7-5-3-4-6-9(7)10(12)8(2)11/h5,9,12H,3-4,6H2,1-2H3. The Kier molecular flexibility index (Phi) is 2.87. The monoisotopic (exact) mass is 169 g/mol. The van der Waals surface area contributed by atoms with E-state index in [9.17, 15) is 10.0 Å². The zero-order chi connectivity index (χ0) is 9.14. The summed E-state index contributed by atoms with van der Waals surface area (Å²) < 4.78 is 0. The quantitative estimate of drug-likeness (QED) is 0.369. The largest absolute Gasteiger partial charge is 0.285 e. The lowest BCUT2D eigenvalue weighted by molar-refractivity contribution is -0.170. The van der Waals surface area contributed by atoms with Gasteiger partial charge >= 0.3 is 0 Å². The highest BCUT2D eigenvalue weighted by Crippen LogP contribution is 2.21. The van der Waals surface area contributed by atoms with E-state index >= 15 is 0 Å². The SMILES string of the molecule is CC(=O)N(O)C1CCCC=C1C. The number of nitrogens with zero attached hydrogens (tertiary/aromatic N) is 1. The average Bonchev–Trinajstić information content (AvgIpc) is 2.04. The molecule has 3 heteroatoms. The minimum atomic E-state index is -0.283. The maximum absolute atomic E-state index is 10.8. The Morgan fingerprint density at radius 3 is 2.92 bits per heavy atom. The predicted octanol–water partition coefficient (Wildman–Crippen LogP) is 1.72. The van der Waals surface area contributed by atoms with E-state index in [0.717, 1.165) is 29.9 Å². The first-order valence-electron chi connectivity index (χ1n) is 4.28. The molecule has 0 spiro atoms. The van der Waals surface area contributed by atoms with Crippen molar-refractivity contribution in [3.05, 3.63) is 11.6 Å². The number of hydrogen-bond donors (Lipinski definition) is 1. The normalized spacial score (nSPS) is 23.2. The Bertz CT molecular complexity index is 211. The van der Waals surface area contributed by atoms with E-state index in [1.807, 2.05) is 6.92 Å². The summed E-state index contributed by atoms with van der Waals surface area (Å²) in [5, 5.41) is 10.2. The van der Waals surface area contributed by atoms with Gasteiger partial charge in [0.05, 0.1) is 6.04 Å². The molecule has 1 rings (SSSR count). The van der Waals surface area contributed by atoms with E-state index in [-0.39, 0.29) is 11.9 Å². The van der Waals surface area contributed by atoms with Crippen LogP contribution in [0.1, 0.15) is 33.1 Å². The second-order valence-corrected chi connectivity index (χ2v) is 3.26. The fraction of sp³-hybridized carbons (Fsp3) is 0.667. The van der Waals surface area contributed by atoms with Gasteiger partial charge in [0, 0.05) is 6.92 Å². The van der Waals surface area contributed by atoms with Gasteiger partial charge < -0.3 is 0 Å². The van der Waals surface area contributed by atoms with Gasteiger partial charge in [0.2, 0.25) is 5.91 Å². The lowest BCUT2D eigenvalue weighted by Gasteiger charge is -2.28. The topological polar surface area (TPSA) is 40.5 Å². The Morgan fingerprint density at radius 2 is 2.42 bits per heavy atom. The maximum atomic E-state index is 10.8. The van der Waals surface area contributed by atoms with Crippen molar-refractivity contribution in [2.45, 2.75) is 39.2 Å². The summed E-state index contributed by atoms with van der Waals surface area (Å²) in [6, 6.07) is -0.0868. The molecule has 1 atom stereocenters. The number of carbonyl (C=O) groups excluding carboxylic acids is 1. The minimum Gasteiger partial charge on any atom is -0.285 e. The van der Waals surface area contributed by atoms with Crippen LogP contribution in [-0.2, 0) is 4.79 Å². The summed E-state index contributed by atoms with van der Waals surface area (Å²) in [6.07, 6.45) is 5.07. The molecular weight excluding hydrogens is 154 g/mol. The first-order chi connectivity index (χ1) is 5.63. The maximum Gasteiger partial charge on any atom is 0.243 e. The lowest BCUT2D eigenvalue weighted by Crippen LogP contribution is -2.37. The van der Waals surface area contributed by atoms with Crippen LogP contribution in [0.15, 0.2) is 11.6 Å². The molecule has 0 radical (unpaired) electrons. The molecule has 0 aromatic rings. The van der Waals surface area contributed by atoms with E-state index < -0.39 is 0 Å². The van der Waals surface area contributed by atoms with Crippen LogP contribution in [-0.4, -0.2) is 22.2 Å². The van der Waals surface area contributed by atoms with E-state index in [2.05, 4.69) is 6.08 Å². The highest BCUT2D eigenvalue weighted by molar-refractivity contribution is 5.72. The molecule has 1 amide bonds. The molecule has 0 saturated heterocycles. The molecule has 1 unspecified atom stereocenters. The van der Waals surface area contributed by atoms with Gasteiger partial charge in [-0.1, -0.05) is 11.6 Å². The molecule has 68 valence electrons. The molecular formula is C9H15NO2. The smallest absolute Gasteiger partial charge is 0.243 e. The van der Waals surface area contributed by atoms with Crippen molar-refractivity contribution >= 4 is 5.91 Å². The first-order valence-corrected chi connectivity index (χ1v) is 4.28. The minimum absolute atomic E-state index is 0.0868. The Balaban J connectivity index is 2.67. The molecule has 0 aliphatic heterocycles. The molecule has 0 aromatic heterocycles. The van der Waals surface area contributed by atoms with Crippen molar-refractivity contribution in [1.82, 2.24) is 5.06 Å². The van der Waals surface area contributed by atoms with Gasteiger partial charge in [0.15, 0.2) is 0 Å². The van der Waals surface area contributed by atoms with Gasteiger partial charge in [-0.2, -0.15) is 0 Å². The number of rotatable bonds is 1. The summed E-state index contributed by atoms with van der Waals surface area (Å²) >= 11 is 0. The lowest BCUT2D eigenvalue weighted by atomic mass is 9.95. The number of carbonyl (C=O) groups is 1. The molecule has 0 aromatic carbocycles. The van der Waals surface area contributed by atoms with Crippen molar-refractivity contribution in [1.29, 1.82) is 0 Å².